The largest absolute Gasteiger partial charge is 0.490 e. The third kappa shape index (κ3) is 3.99. The Morgan fingerprint density at radius 3 is 2.55 bits per heavy atom. The molecule has 1 atom stereocenters. The van der Waals surface area contributed by atoms with E-state index in [1.165, 1.54) is 36.8 Å². The average Bonchev–Trinajstić information content (AvgIpc) is 2.43. The zero-order valence-corrected chi connectivity index (χ0v) is 13.4. The molecule has 0 aliphatic heterocycles. The second-order valence-corrected chi connectivity index (χ2v) is 6.30. The number of rotatable bonds is 5. The Balaban J connectivity index is 1.99. The van der Waals surface area contributed by atoms with Gasteiger partial charge in [-0.1, -0.05) is 26.0 Å². The summed E-state index contributed by atoms with van der Waals surface area (Å²) in [5, 5.41) is 3.45. The van der Waals surface area contributed by atoms with E-state index in [2.05, 4.69) is 51.2 Å². The van der Waals surface area contributed by atoms with Crippen molar-refractivity contribution in [3.05, 3.63) is 29.3 Å². The van der Waals surface area contributed by atoms with Crippen LogP contribution in [0.3, 0.4) is 0 Å². The molecule has 2 heteroatoms. The van der Waals surface area contributed by atoms with E-state index in [1.54, 1.807) is 0 Å². The van der Waals surface area contributed by atoms with Crippen LogP contribution in [0.4, 0.5) is 0 Å². The first kappa shape index (κ1) is 15.4. The number of hydrogen-bond acceptors (Lipinski definition) is 2. The summed E-state index contributed by atoms with van der Waals surface area (Å²) in [6.07, 6.45) is 5.44. The van der Waals surface area contributed by atoms with E-state index in [9.17, 15) is 0 Å². The molecule has 1 fully saturated rings. The van der Waals surface area contributed by atoms with Gasteiger partial charge in [0, 0.05) is 6.04 Å². The number of aryl methyl sites for hydroxylation is 1. The molecule has 1 aromatic carbocycles. The molecule has 0 amide bonds. The topological polar surface area (TPSA) is 21.3 Å². The molecular weight excluding hydrogens is 246 g/mol. The van der Waals surface area contributed by atoms with Crippen LogP contribution in [0.5, 0.6) is 5.75 Å². The fraction of sp³-hybridized carbons (Fsp3) is 0.667. The average molecular weight is 275 g/mol. The number of benzene rings is 1. The molecule has 0 radical (unpaired) electrons. The van der Waals surface area contributed by atoms with Gasteiger partial charge in [-0.2, -0.15) is 0 Å². The fourth-order valence-electron chi connectivity index (χ4n) is 3.03. The van der Waals surface area contributed by atoms with Crippen LogP contribution in [0.15, 0.2) is 18.2 Å². The van der Waals surface area contributed by atoms with Crippen LogP contribution in [0.2, 0.25) is 0 Å². The Bertz CT molecular complexity index is 421. The minimum absolute atomic E-state index is 0.406. The fourth-order valence-corrected chi connectivity index (χ4v) is 3.03. The van der Waals surface area contributed by atoms with Gasteiger partial charge in [0.05, 0.1) is 6.10 Å². The minimum Gasteiger partial charge on any atom is -0.490 e. The minimum atomic E-state index is 0.406. The van der Waals surface area contributed by atoms with Gasteiger partial charge in [0.2, 0.25) is 0 Å². The molecule has 0 spiro atoms. The summed E-state index contributed by atoms with van der Waals surface area (Å²) in [5.41, 5.74) is 2.60. The molecule has 112 valence electrons. The third-order valence-corrected chi connectivity index (χ3v) is 4.47. The van der Waals surface area contributed by atoms with Crippen molar-refractivity contribution in [2.45, 2.75) is 65.5 Å². The lowest BCUT2D eigenvalue weighted by atomic mass is 9.89. The molecule has 0 saturated heterocycles. The van der Waals surface area contributed by atoms with Crippen LogP contribution in [0.1, 0.15) is 63.6 Å². The standard InChI is InChI=1S/C18H29NO/c1-5-19-15(4)16-8-11-18(14(3)12-16)20-17-9-6-13(2)7-10-17/h8,11-13,15,17,19H,5-7,9-10H2,1-4H3. The van der Waals surface area contributed by atoms with Crippen LogP contribution in [-0.4, -0.2) is 12.6 Å². The lowest BCUT2D eigenvalue weighted by Crippen LogP contribution is -2.23. The summed E-state index contributed by atoms with van der Waals surface area (Å²) >= 11 is 0. The first-order chi connectivity index (χ1) is 9.60. The van der Waals surface area contributed by atoms with Crippen LogP contribution in [0.25, 0.3) is 0 Å². The predicted octanol–water partition coefficient (Wildman–Crippen LogP) is 4.62. The molecule has 2 rings (SSSR count). The monoisotopic (exact) mass is 275 g/mol. The summed E-state index contributed by atoms with van der Waals surface area (Å²) in [4.78, 5) is 0. The van der Waals surface area contributed by atoms with E-state index >= 15 is 0 Å². The Hall–Kier alpha value is -1.02. The molecule has 1 N–H and O–H groups in total. The van der Waals surface area contributed by atoms with E-state index in [1.807, 2.05) is 0 Å². The molecular formula is C18H29NO. The maximum atomic E-state index is 6.21. The quantitative estimate of drug-likeness (QED) is 0.846. The normalized spacial score (nSPS) is 24.4. The first-order valence-corrected chi connectivity index (χ1v) is 8.10. The van der Waals surface area contributed by atoms with Crippen molar-refractivity contribution in [2.75, 3.05) is 6.54 Å². The molecule has 0 heterocycles. The zero-order valence-electron chi connectivity index (χ0n) is 13.4. The van der Waals surface area contributed by atoms with Gasteiger partial charge in [0.25, 0.3) is 0 Å². The van der Waals surface area contributed by atoms with Crippen molar-refractivity contribution in [3.8, 4) is 5.75 Å². The summed E-state index contributed by atoms with van der Waals surface area (Å²) < 4.78 is 6.21. The van der Waals surface area contributed by atoms with Crippen LogP contribution >= 0.6 is 0 Å². The van der Waals surface area contributed by atoms with Gasteiger partial charge in [-0.3, -0.25) is 0 Å². The van der Waals surface area contributed by atoms with Gasteiger partial charge in [-0.25, -0.2) is 0 Å². The third-order valence-electron chi connectivity index (χ3n) is 4.47. The molecule has 0 bridgehead atoms. The highest BCUT2D eigenvalue weighted by atomic mass is 16.5. The van der Waals surface area contributed by atoms with Crippen LogP contribution in [0, 0.1) is 12.8 Å². The van der Waals surface area contributed by atoms with Gasteiger partial charge in [-0.05, 0) is 69.2 Å². The Labute approximate surface area is 123 Å². The summed E-state index contributed by atoms with van der Waals surface area (Å²) in [5.74, 6) is 1.94. The van der Waals surface area contributed by atoms with Crippen molar-refractivity contribution in [2.24, 2.45) is 5.92 Å². The number of hydrogen-bond donors (Lipinski definition) is 1. The number of nitrogens with one attached hydrogen (secondary N) is 1. The second kappa shape index (κ2) is 7.12. The van der Waals surface area contributed by atoms with Crippen LogP contribution < -0.4 is 10.1 Å². The van der Waals surface area contributed by atoms with Crippen molar-refractivity contribution in [3.63, 3.8) is 0 Å². The lowest BCUT2D eigenvalue weighted by Gasteiger charge is -2.27. The summed E-state index contributed by atoms with van der Waals surface area (Å²) in [6.45, 7) is 9.85. The van der Waals surface area contributed by atoms with E-state index in [4.69, 9.17) is 4.74 Å². The lowest BCUT2D eigenvalue weighted by molar-refractivity contribution is 0.134. The molecule has 1 saturated carbocycles. The van der Waals surface area contributed by atoms with Crippen molar-refractivity contribution < 1.29 is 4.74 Å². The van der Waals surface area contributed by atoms with E-state index in [0.29, 0.717) is 12.1 Å². The predicted molar refractivity (Wildman–Crippen MR) is 85.3 cm³/mol. The highest BCUT2D eigenvalue weighted by Crippen LogP contribution is 2.29. The van der Waals surface area contributed by atoms with Gasteiger partial charge in [0.1, 0.15) is 5.75 Å². The highest BCUT2D eigenvalue weighted by molar-refractivity contribution is 5.37. The smallest absolute Gasteiger partial charge is 0.122 e. The number of ether oxygens (including phenoxy) is 1. The van der Waals surface area contributed by atoms with Gasteiger partial charge in [0.15, 0.2) is 0 Å². The van der Waals surface area contributed by atoms with Gasteiger partial charge < -0.3 is 10.1 Å². The maximum absolute atomic E-state index is 6.21. The molecule has 1 aromatic rings. The van der Waals surface area contributed by atoms with Gasteiger partial charge in [-0.15, -0.1) is 0 Å². The Morgan fingerprint density at radius 1 is 1.25 bits per heavy atom. The van der Waals surface area contributed by atoms with Gasteiger partial charge >= 0.3 is 0 Å². The van der Waals surface area contributed by atoms with Crippen molar-refractivity contribution in [1.29, 1.82) is 0 Å². The Morgan fingerprint density at radius 2 is 1.95 bits per heavy atom. The highest BCUT2D eigenvalue weighted by Gasteiger charge is 2.20. The molecule has 20 heavy (non-hydrogen) atoms. The zero-order chi connectivity index (χ0) is 14.5. The van der Waals surface area contributed by atoms with E-state index in [0.717, 1.165) is 18.2 Å². The summed E-state index contributed by atoms with van der Waals surface area (Å²) in [7, 11) is 0. The maximum Gasteiger partial charge on any atom is 0.122 e. The SMILES string of the molecule is CCNC(C)c1ccc(OC2CCC(C)CC2)c(C)c1. The van der Waals surface area contributed by atoms with Crippen LogP contribution in [-0.2, 0) is 0 Å². The molecule has 1 aliphatic carbocycles. The van der Waals surface area contributed by atoms with Crippen molar-refractivity contribution >= 4 is 0 Å². The molecule has 1 aliphatic rings. The van der Waals surface area contributed by atoms with E-state index in [-0.39, 0.29) is 0 Å². The summed E-state index contributed by atoms with van der Waals surface area (Å²) in [6, 6.07) is 7.01. The Kier molecular flexibility index (Phi) is 5.47. The van der Waals surface area contributed by atoms with E-state index < -0.39 is 0 Å². The second-order valence-electron chi connectivity index (χ2n) is 6.30. The first-order valence-electron chi connectivity index (χ1n) is 8.10. The van der Waals surface area contributed by atoms with Crippen molar-refractivity contribution in [1.82, 2.24) is 5.32 Å². The molecule has 0 aromatic heterocycles. The molecule has 1 unspecified atom stereocenters. The molecule has 2 nitrogen and oxygen atoms in total.